The van der Waals surface area contributed by atoms with Gasteiger partial charge in [-0.25, -0.2) is 4.68 Å². The van der Waals surface area contributed by atoms with Crippen LogP contribution in [0, 0.1) is 0 Å². The monoisotopic (exact) mass is 248 g/mol. The number of aliphatic carboxylic acids is 1. The fraction of sp³-hybridized carbons (Fsp3) is 0.167. The highest BCUT2D eigenvalue weighted by molar-refractivity contribution is 7.99. The van der Waals surface area contributed by atoms with Gasteiger partial charge in [-0.2, -0.15) is 5.10 Å². The van der Waals surface area contributed by atoms with Crippen molar-refractivity contribution in [1.82, 2.24) is 9.78 Å². The molecule has 0 spiro atoms. The van der Waals surface area contributed by atoms with Crippen molar-refractivity contribution < 1.29 is 9.90 Å². The first-order valence-corrected chi connectivity index (χ1v) is 6.29. The van der Waals surface area contributed by atoms with Crippen LogP contribution in [-0.2, 0) is 10.5 Å². The molecule has 0 unspecified atom stereocenters. The third-order valence-corrected chi connectivity index (χ3v) is 3.19. The summed E-state index contributed by atoms with van der Waals surface area (Å²) in [6.07, 6.45) is 3.62. The average Bonchev–Trinajstić information content (AvgIpc) is 2.83. The van der Waals surface area contributed by atoms with Gasteiger partial charge in [0.1, 0.15) is 0 Å². The van der Waals surface area contributed by atoms with Gasteiger partial charge in [-0.3, -0.25) is 4.79 Å². The van der Waals surface area contributed by atoms with Crippen molar-refractivity contribution in [3.05, 3.63) is 48.3 Å². The number of thioether (sulfide) groups is 1. The largest absolute Gasteiger partial charge is 0.481 e. The highest BCUT2D eigenvalue weighted by Crippen LogP contribution is 2.14. The molecule has 2 rings (SSSR count). The van der Waals surface area contributed by atoms with Crippen LogP contribution in [-0.4, -0.2) is 26.6 Å². The minimum Gasteiger partial charge on any atom is -0.481 e. The van der Waals surface area contributed by atoms with Crippen LogP contribution in [0.2, 0.25) is 0 Å². The summed E-state index contributed by atoms with van der Waals surface area (Å²) in [5.41, 5.74) is 2.12. The summed E-state index contributed by atoms with van der Waals surface area (Å²) in [6.45, 7) is 0. The maximum absolute atomic E-state index is 10.4. The van der Waals surface area contributed by atoms with Crippen LogP contribution in [0.15, 0.2) is 42.7 Å². The molecule has 1 heterocycles. The van der Waals surface area contributed by atoms with Gasteiger partial charge in [-0.05, 0) is 23.8 Å². The minimum atomic E-state index is -0.775. The molecule has 0 aliphatic carbocycles. The van der Waals surface area contributed by atoms with Gasteiger partial charge in [0.25, 0.3) is 0 Å². The number of rotatable bonds is 5. The topological polar surface area (TPSA) is 55.1 Å². The molecule has 0 radical (unpaired) electrons. The summed E-state index contributed by atoms with van der Waals surface area (Å²) < 4.78 is 1.79. The Kier molecular flexibility index (Phi) is 3.82. The summed E-state index contributed by atoms with van der Waals surface area (Å²) in [7, 11) is 0. The summed E-state index contributed by atoms with van der Waals surface area (Å²) in [5.74, 6) is 0.0789. The Labute approximate surface area is 103 Å². The van der Waals surface area contributed by atoms with E-state index in [-0.39, 0.29) is 5.75 Å². The fourth-order valence-corrected chi connectivity index (χ4v) is 2.13. The highest BCUT2D eigenvalue weighted by atomic mass is 32.2. The number of carbonyl (C=O) groups is 1. The van der Waals surface area contributed by atoms with Gasteiger partial charge in [0, 0.05) is 18.1 Å². The normalized spacial score (nSPS) is 10.4. The summed E-state index contributed by atoms with van der Waals surface area (Å²) >= 11 is 1.40. The van der Waals surface area contributed by atoms with Crippen molar-refractivity contribution in [2.24, 2.45) is 0 Å². The number of carboxylic acid groups (broad SMARTS) is 1. The van der Waals surface area contributed by atoms with Crippen LogP contribution in [0.1, 0.15) is 5.56 Å². The van der Waals surface area contributed by atoms with E-state index in [1.54, 1.807) is 10.9 Å². The molecule has 1 N–H and O–H groups in total. The lowest BCUT2D eigenvalue weighted by molar-refractivity contribution is -0.133. The van der Waals surface area contributed by atoms with E-state index in [1.165, 1.54) is 11.8 Å². The van der Waals surface area contributed by atoms with Crippen molar-refractivity contribution in [2.45, 2.75) is 5.75 Å². The number of benzene rings is 1. The first-order valence-electron chi connectivity index (χ1n) is 5.14. The second kappa shape index (κ2) is 5.54. The maximum atomic E-state index is 10.4. The van der Waals surface area contributed by atoms with Crippen LogP contribution in [0.25, 0.3) is 5.69 Å². The van der Waals surface area contributed by atoms with Crippen LogP contribution in [0.5, 0.6) is 0 Å². The van der Waals surface area contributed by atoms with Crippen LogP contribution in [0.4, 0.5) is 0 Å². The molecule has 4 nitrogen and oxygen atoms in total. The van der Waals surface area contributed by atoms with Gasteiger partial charge in [-0.1, -0.05) is 12.1 Å². The number of carboxylic acids is 1. The molecular weight excluding hydrogens is 236 g/mol. The zero-order valence-electron chi connectivity index (χ0n) is 9.11. The molecule has 17 heavy (non-hydrogen) atoms. The molecule has 1 aromatic heterocycles. The van der Waals surface area contributed by atoms with Crippen molar-refractivity contribution >= 4 is 17.7 Å². The zero-order chi connectivity index (χ0) is 12.1. The predicted molar refractivity (Wildman–Crippen MR) is 67.4 cm³/mol. The molecular formula is C12H12N2O2S. The fourth-order valence-electron chi connectivity index (χ4n) is 1.42. The van der Waals surface area contributed by atoms with Crippen molar-refractivity contribution in [2.75, 3.05) is 5.75 Å². The van der Waals surface area contributed by atoms with Crippen LogP contribution < -0.4 is 0 Å². The smallest absolute Gasteiger partial charge is 0.313 e. The molecule has 5 heteroatoms. The molecule has 0 amide bonds. The molecule has 88 valence electrons. The molecule has 2 aromatic rings. The van der Waals surface area contributed by atoms with E-state index in [0.29, 0.717) is 5.75 Å². The highest BCUT2D eigenvalue weighted by Gasteiger charge is 2.00. The Hall–Kier alpha value is -1.75. The van der Waals surface area contributed by atoms with Crippen molar-refractivity contribution in [1.29, 1.82) is 0 Å². The SMILES string of the molecule is O=C(O)CSCc1ccc(-n2cccn2)cc1. The van der Waals surface area contributed by atoms with Crippen molar-refractivity contribution in [3.63, 3.8) is 0 Å². The summed E-state index contributed by atoms with van der Waals surface area (Å²) in [4.78, 5) is 10.4. The van der Waals surface area contributed by atoms with E-state index in [9.17, 15) is 4.79 Å². The molecule has 0 aliphatic heterocycles. The van der Waals surface area contributed by atoms with Crippen molar-refractivity contribution in [3.8, 4) is 5.69 Å². The van der Waals surface area contributed by atoms with E-state index in [1.807, 2.05) is 36.5 Å². The Morgan fingerprint density at radius 1 is 1.35 bits per heavy atom. The number of aromatic nitrogens is 2. The van der Waals surface area contributed by atoms with Gasteiger partial charge in [0.2, 0.25) is 0 Å². The quantitative estimate of drug-likeness (QED) is 0.881. The van der Waals surface area contributed by atoms with E-state index < -0.39 is 5.97 Å². The lowest BCUT2D eigenvalue weighted by atomic mass is 10.2. The maximum Gasteiger partial charge on any atom is 0.313 e. The molecule has 0 saturated carbocycles. The van der Waals surface area contributed by atoms with Gasteiger partial charge < -0.3 is 5.11 Å². The van der Waals surface area contributed by atoms with E-state index in [2.05, 4.69) is 5.10 Å². The van der Waals surface area contributed by atoms with E-state index in [0.717, 1.165) is 11.3 Å². The second-order valence-electron chi connectivity index (χ2n) is 3.50. The van der Waals surface area contributed by atoms with Crippen LogP contribution in [0.3, 0.4) is 0 Å². The lowest BCUT2D eigenvalue weighted by Crippen LogP contribution is -1.98. The predicted octanol–water partition coefficient (Wildman–Crippen LogP) is 2.19. The van der Waals surface area contributed by atoms with Gasteiger partial charge in [-0.15, -0.1) is 11.8 Å². The van der Waals surface area contributed by atoms with E-state index >= 15 is 0 Å². The average molecular weight is 248 g/mol. The molecule has 0 aliphatic rings. The third-order valence-electron chi connectivity index (χ3n) is 2.20. The van der Waals surface area contributed by atoms with Gasteiger partial charge in [0.15, 0.2) is 0 Å². The second-order valence-corrected chi connectivity index (χ2v) is 4.49. The number of hydrogen-bond acceptors (Lipinski definition) is 3. The number of nitrogens with zero attached hydrogens (tertiary/aromatic N) is 2. The molecule has 0 fully saturated rings. The first-order chi connectivity index (χ1) is 8.25. The molecule has 0 bridgehead atoms. The molecule has 1 aromatic carbocycles. The zero-order valence-corrected chi connectivity index (χ0v) is 9.93. The summed E-state index contributed by atoms with van der Waals surface area (Å²) in [6, 6.07) is 9.81. The molecule has 0 atom stereocenters. The summed E-state index contributed by atoms with van der Waals surface area (Å²) in [5, 5.41) is 12.7. The Balaban J connectivity index is 1.96. The van der Waals surface area contributed by atoms with Crippen LogP contribution >= 0.6 is 11.8 Å². The Morgan fingerprint density at radius 2 is 2.12 bits per heavy atom. The Bertz CT molecular complexity index is 480. The third kappa shape index (κ3) is 3.35. The van der Waals surface area contributed by atoms with Gasteiger partial charge >= 0.3 is 5.97 Å². The van der Waals surface area contributed by atoms with E-state index in [4.69, 9.17) is 5.11 Å². The van der Waals surface area contributed by atoms with Gasteiger partial charge in [0.05, 0.1) is 11.4 Å². The lowest BCUT2D eigenvalue weighted by Gasteiger charge is -2.03. The minimum absolute atomic E-state index is 0.140. The first kappa shape index (κ1) is 11.7. The Morgan fingerprint density at radius 3 is 2.71 bits per heavy atom. The standard InChI is InChI=1S/C12H12N2O2S/c15-12(16)9-17-8-10-2-4-11(5-3-10)14-7-1-6-13-14/h1-7H,8-9H2,(H,15,16). The number of hydrogen-bond donors (Lipinski definition) is 1. The molecule has 0 saturated heterocycles.